The number of methoxy groups -OCH3 is 1. The van der Waals surface area contributed by atoms with Crippen molar-refractivity contribution in [2.24, 2.45) is 4.99 Å². The molecule has 9 nitrogen and oxygen atoms in total. The molecule has 2 aromatic heterocycles. The van der Waals surface area contributed by atoms with Gasteiger partial charge in [-0.05, 0) is 48.9 Å². The van der Waals surface area contributed by atoms with Crippen LogP contribution in [0.3, 0.4) is 0 Å². The third kappa shape index (κ3) is 5.01. The summed E-state index contributed by atoms with van der Waals surface area (Å²) in [6, 6.07) is 12.1. The van der Waals surface area contributed by atoms with Crippen LogP contribution in [-0.4, -0.2) is 59.9 Å². The Morgan fingerprint density at radius 2 is 2.00 bits per heavy atom. The number of carbonyl (C=O) groups is 1. The molecule has 0 fully saturated rings. The summed E-state index contributed by atoms with van der Waals surface area (Å²) in [6.45, 7) is 9.65. The van der Waals surface area contributed by atoms with Crippen molar-refractivity contribution in [3.05, 3.63) is 59.0 Å². The molecule has 0 saturated heterocycles. The lowest BCUT2D eigenvalue weighted by Gasteiger charge is -2.18. The number of ether oxygens (including phenoxy) is 2. The Morgan fingerprint density at radius 3 is 2.62 bits per heavy atom. The highest BCUT2D eigenvalue weighted by Gasteiger charge is 2.25. The Morgan fingerprint density at radius 1 is 1.24 bits per heavy atom. The molecule has 192 valence electrons. The topological polar surface area (TPSA) is 115 Å². The number of fused-ring (bicyclic) bond motifs is 2. The van der Waals surface area contributed by atoms with E-state index in [1.807, 2.05) is 23.6 Å². The van der Waals surface area contributed by atoms with Crippen molar-refractivity contribution in [1.29, 1.82) is 5.26 Å². The Bertz CT molecular complexity index is 1570. The van der Waals surface area contributed by atoms with Crippen molar-refractivity contribution in [3.8, 4) is 11.8 Å². The third-order valence-corrected chi connectivity index (χ3v) is 8.02. The van der Waals surface area contributed by atoms with E-state index in [-0.39, 0.29) is 6.73 Å². The maximum atomic E-state index is 11.9. The van der Waals surface area contributed by atoms with Gasteiger partial charge in [0, 0.05) is 33.3 Å². The van der Waals surface area contributed by atoms with Gasteiger partial charge in [0.05, 0.1) is 40.9 Å². The zero-order valence-corrected chi connectivity index (χ0v) is 23.0. The quantitative estimate of drug-likeness (QED) is 0.188. The summed E-state index contributed by atoms with van der Waals surface area (Å²) < 4.78 is 15.0. The molecule has 2 heterocycles. The van der Waals surface area contributed by atoms with Gasteiger partial charge < -0.3 is 14.6 Å². The van der Waals surface area contributed by atoms with Crippen molar-refractivity contribution in [2.75, 3.05) is 20.8 Å². The number of nitriles is 1. The summed E-state index contributed by atoms with van der Waals surface area (Å²) in [6.07, 6.45) is 0.453. The largest absolute Gasteiger partial charge is 0.496 e. The molecule has 0 aliphatic rings. The van der Waals surface area contributed by atoms with E-state index in [0.29, 0.717) is 51.4 Å². The summed E-state index contributed by atoms with van der Waals surface area (Å²) in [4.78, 5) is 21.4. The molecule has 0 bridgehead atoms. The molecule has 4 aromatic rings. The first-order valence-corrected chi connectivity index (χ1v) is 15.7. The molecule has 0 spiro atoms. The molecule has 0 amide bonds. The van der Waals surface area contributed by atoms with E-state index in [2.05, 4.69) is 30.7 Å². The van der Waals surface area contributed by atoms with E-state index in [1.165, 1.54) is 10.8 Å². The lowest BCUT2D eigenvalue weighted by Crippen LogP contribution is -2.22. The Kier molecular flexibility index (Phi) is 7.20. The van der Waals surface area contributed by atoms with Crippen LogP contribution in [0.15, 0.2) is 41.5 Å². The van der Waals surface area contributed by atoms with Crippen LogP contribution in [0.2, 0.25) is 25.7 Å². The van der Waals surface area contributed by atoms with Crippen LogP contribution < -0.4 is 4.74 Å². The van der Waals surface area contributed by atoms with E-state index in [9.17, 15) is 15.2 Å². The fourth-order valence-corrected chi connectivity index (χ4v) is 5.20. The Hall–Kier alpha value is -3.94. The van der Waals surface area contributed by atoms with E-state index < -0.39 is 14.2 Å². The molecule has 0 aliphatic carbocycles. The van der Waals surface area contributed by atoms with Crippen LogP contribution in [-0.2, 0) is 11.5 Å². The molecule has 0 unspecified atom stereocenters. The number of hydrogen-bond acceptors (Lipinski definition) is 6. The van der Waals surface area contributed by atoms with Crippen LogP contribution >= 0.6 is 0 Å². The first kappa shape index (κ1) is 26.1. The summed E-state index contributed by atoms with van der Waals surface area (Å²) in [7, 11) is 1.98. The zero-order valence-electron chi connectivity index (χ0n) is 22.0. The minimum absolute atomic E-state index is 0.259. The predicted octanol–water partition coefficient (Wildman–Crippen LogP) is 5.49. The number of nitrogens with zero attached hydrogens (tertiary/aromatic N) is 5. The van der Waals surface area contributed by atoms with Crippen LogP contribution in [0, 0.1) is 18.3 Å². The van der Waals surface area contributed by atoms with Gasteiger partial charge in [-0.25, -0.2) is 9.78 Å². The number of rotatable bonds is 8. The molecule has 0 radical (unpaired) electrons. The molecule has 1 N–H and O–H groups in total. The van der Waals surface area contributed by atoms with E-state index in [0.717, 1.165) is 17.1 Å². The fraction of sp³-hybridized carbons (Fsp3) is 0.333. The van der Waals surface area contributed by atoms with Crippen molar-refractivity contribution in [3.63, 3.8) is 0 Å². The van der Waals surface area contributed by atoms with Gasteiger partial charge in [-0.2, -0.15) is 5.26 Å². The van der Waals surface area contributed by atoms with Crippen molar-refractivity contribution >= 4 is 41.8 Å². The third-order valence-electron chi connectivity index (χ3n) is 6.32. The normalized spacial score (nSPS) is 12.3. The fourth-order valence-electron chi connectivity index (χ4n) is 4.44. The van der Waals surface area contributed by atoms with Gasteiger partial charge in [-0.15, -0.1) is 0 Å². The monoisotopic (exact) mass is 517 g/mol. The van der Waals surface area contributed by atoms with Crippen LogP contribution in [0.4, 0.5) is 4.79 Å². The molecule has 0 saturated carbocycles. The van der Waals surface area contributed by atoms with Gasteiger partial charge in [-0.3, -0.25) is 14.1 Å². The number of aliphatic imine (C=N–C) groups is 1. The summed E-state index contributed by atoms with van der Waals surface area (Å²) >= 11 is 0. The van der Waals surface area contributed by atoms with Crippen LogP contribution in [0.5, 0.6) is 5.75 Å². The van der Waals surface area contributed by atoms with Gasteiger partial charge >= 0.3 is 6.09 Å². The van der Waals surface area contributed by atoms with Crippen molar-refractivity contribution < 1.29 is 19.4 Å². The molecule has 4 rings (SSSR count). The SMILES string of the molecule is CN=C(c1c(OC)cc(C)c2c1ccn2C(=O)O)c1nc2cc(C#N)ccc2n1COCC[Si](C)(C)C. The number of carboxylic acid groups (broad SMARTS) is 1. The van der Waals surface area contributed by atoms with E-state index in [1.54, 1.807) is 32.4 Å². The number of aromatic nitrogens is 3. The predicted molar refractivity (Wildman–Crippen MR) is 147 cm³/mol. The minimum atomic E-state index is -1.27. The highest BCUT2D eigenvalue weighted by molar-refractivity contribution is 6.76. The molecule has 0 aliphatic heterocycles. The summed E-state index contributed by atoms with van der Waals surface area (Å²) in [5.41, 5.74) is 4.47. The van der Waals surface area contributed by atoms with Gasteiger partial charge in [0.15, 0.2) is 5.82 Å². The Balaban J connectivity index is 1.92. The molecule has 2 aromatic carbocycles. The van der Waals surface area contributed by atoms with E-state index in [4.69, 9.17) is 14.5 Å². The maximum Gasteiger partial charge on any atom is 0.416 e. The zero-order chi connectivity index (χ0) is 26.9. The number of imidazole rings is 1. The first-order chi connectivity index (χ1) is 17.6. The number of aryl methyl sites for hydroxylation is 1. The van der Waals surface area contributed by atoms with Gasteiger partial charge in [-0.1, -0.05) is 19.6 Å². The molecular formula is C27H31N5O4Si. The molecule has 10 heteroatoms. The van der Waals surface area contributed by atoms with Crippen molar-refractivity contribution in [2.45, 2.75) is 39.3 Å². The average molecular weight is 518 g/mol. The first-order valence-electron chi connectivity index (χ1n) is 12.0. The smallest absolute Gasteiger partial charge is 0.416 e. The molecule has 0 atom stereocenters. The van der Waals surface area contributed by atoms with Crippen molar-refractivity contribution in [1.82, 2.24) is 14.1 Å². The summed E-state index contributed by atoms with van der Waals surface area (Å²) in [5, 5.41) is 19.8. The van der Waals surface area contributed by atoms with Gasteiger partial charge in [0.1, 0.15) is 18.2 Å². The van der Waals surface area contributed by atoms with Gasteiger partial charge in [0.25, 0.3) is 0 Å². The highest BCUT2D eigenvalue weighted by atomic mass is 28.3. The average Bonchev–Trinajstić information content (AvgIpc) is 3.45. The molecule has 37 heavy (non-hydrogen) atoms. The minimum Gasteiger partial charge on any atom is -0.496 e. The van der Waals surface area contributed by atoms with E-state index >= 15 is 0 Å². The highest BCUT2D eigenvalue weighted by Crippen LogP contribution is 2.34. The van der Waals surface area contributed by atoms with Gasteiger partial charge in [0.2, 0.25) is 0 Å². The standard InChI is InChI=1S/C27H31N5O4Si/c1-17-13-22(35-3)23(19-9-10-31(25(17)19)27(33)34)24(29-2)26-30-20-14-18(15-28)7-8-21(20)32(26)16-36-11-12-37(4,5)6/h7-10,13-14H,11-12,16H2,1-6H3,(H,33,34). The number of benzene rings is 2. The lowest BCUT2D eigenvalue weighted by atomic mass is 10.00. The lowest BCUT2D eigenvalue weighted by molar-refractivity contribution is 0.0895. The second-order valence-electron chi connectivity index (χ2n) is 10.1. The second-order valence-corrected chi connectivity index (χ2v) is 15.7. The Labute approximate surface area is 216 Å². The molecular weight excluding hydrogens is 486 g/mol. The summed E-state index contributed by atoms with van der Waals surface area (Å²) in [5.74, 6) is 1.11. The second kappa shape index (κ2) is 10.2. The maximum absolute atomic E-state index is 11.9. The van der Waals surface area contributed by atoms with Crippen LogP contribution in [0.1, 0.15) is 22.5 Å². The number of hydrogen-bond donors (Lipinski definition) is 1. The van der Waals surface area contributed by atoms with Crippen LogP contribution in [0.25, 0.3) is 21.9 Å².